The van der Waals surface area contributed by atoms with E-state index >= 15 is 0 Å². The Balaban J connectivity index is 3.10. The minimum absolute atomic E-state index is 0.219. The van der Waals surface area contributed by atoms with Gasteiger partial charge in [0.1, 0.15) is 5.69 Å². The van der Waals surface area contributed by atoms with Crippen LogP contribution in [-0.2, 0) is 15.5 Å². The smallest absolute Gasteiger partial charge is 0.384 e. The number of carbonyl (C=O) groups is 1. The number of aromatic nitrogens is 1. The van der Waals surface area contributed by atoms with Gasteiger partial charge in [0, 0.05) is 18.3 Å². The molecule has 1 aromatic heterocycles. The molecule has 0 aliphatic carbocycles. The van der Waals surface area contributed by atoms with Crippen molar-refractivity contribution in [3.63, 3.8) is 0 Å². The van der Waals surface area contributed by atoms with Gasteiger partial charge in [0.15, 0.2) is 0 Å². The van der Waals surface area contributed by atoms with E-state index in [4.69, 9.17) is 0 Å². The molecular weight excluding hydrogens is 238 g/mol. The maximum absolute atomic E-state index is 13.4. The largest absolute Gasteiger partial charge is 0.461 e. The Labute approximate surface area is 94.4 Å². The third kappa shape index (κ3) is 2.71. The predicted octanol–water partition coefficient (Wildman–Crippen LogP) is 1.64. The summed E-state index contributed by atoms with van der Waals surface area (Å²) < 4.78 is 31.0. The fourth-order valence-electron chi connectivity index (χ4n) is 1.03. The fourth-order valence-corrected chi connectivity index (χ4v) is 1.03. The molecular formula is C9H8F2N2O4. The Morgan fingerprint density at radius 2 is 2.29 bits per heavy atom. The lowest BCUT2D eigenvalue weighted by atomic mass is 10.2. The standard InChI is InChI=1S/C9H8F2N2O4/c1-2-17-8(14)9(10,11)7-5-6(13(15)16)3-4-12-7/h3-5H,2H2,1H3. The van der Waals surface area contributed by atoms with Crippen molar-refractivity contribution in [1.82, 2.24) is 4.98 Å². The number of nitrogens with zero attached hydrogens (tertiary/aromatic N) is 2. The average Bonchev–Trinajstić information content (AvgIpc) is 2.29. The van der Waals surface area contributed by atoms with Gasteiger partial charge in [-0.3, -0.25) is 15.1 Å². The number of hydrogen-bond acceptors (Lipinski definition) is 5. The van der Waals surface area contributed by atoms with Crippen LogP contribution >= 0.6 is 0 Å². The zero-order chi connectivity index (χ0) is 13.1. The minimum atomic E-state index is -4.00. The Hall–Kier alpha value is -2.12. The lowest BCUT2D eigenvalue weighted by Crippen LogP contribution is -2.29. The number of halogens is 2. The average molecular weight is 246 g/mol. The number of ether oxygens (including phenoxy) is 1. The van der Waals surface area contributed by atoms with Crippen LogP contribution in [0, 0.1) is 10.1 Å². The molecule has 0 saturated carbocycles. The van der Waals surface area contributed by atoms with Crippen LogP contribution in [0.4, 0.5) is 14.5 Å². The second-order valence-corrected chi connectivity index (χ2v) is 2.95. The van der Waals surface area contributed by atoms with Gasteiger partial charge in [-0.15, -0.1) is 0 Å². The summed E-state index contributed by atoms with van der Waals surface area (Å²) in [5, 5.41) is 10.4. The van der Waals surface area contributed by atoms with E-state index in [1.807, 2.05) is 0 Å². The van der Waals surface area contributed by atoms with E-state index in [9.17, 15) is 23.7 Å². The first kappa shape index (κ1) is 12.9. The number of hydrogen-bond donors (Lipinski definition) is 0. The van der Waals surface area contributed by atoms with E-state index in [0.717, 1.165) is 12.3 Å². The van der Waals surface area contributed by atoms with Crippen LogP contribution < -0.4 is 0 Å². The topological polar surface area (TPSA) is 82.3 Å². The van der Waals surface area contributed by atoms with Crippen LogP contribution in [0.2, 0.25) is 0 Å². The first-order valence-corrected chi connectivity index (χ1v) is 4.55. The zero-order valence-corrected chi connectivity index (χ0v) is 8.72. The second-order valence-electron chi connectivity index (χ2n) is 2.95. The Bertz CT molecular complexity index is 450. The highest BCUT2D eigenvalue weighted by Gasteiger charge is 2.45. The molecule has 0 saturated heterocycles. The molecule has 0 aromatic carbocycles. The molecule has 0 atom stereocenters. The molecule has 0 unspecified atom stereocenters. The molecule has 92 valence electrons. The van der Waals surface area contributed by atoms with E-state index in [1.54, 1.807) is 0 Å². The molecule has 0 aliphatic heterocycles. The predicted molar refractivity (Wildman–Crippen MR) is 51.4 cm³/mol. The molecule has 8 heteroatoms. The zero-order valence-electron chi connectivity index (χ0n) is 8.72. The molecule has 17 heavy (non-hydrogen) atoms. The van der Waals surface area contributed by atoms with E-state index in [2.05, 4.69) is 9.72 Å². The number of rotatable bonds is 4. The van der Waals surface area contributed by atoms with Gasteiger partial charge in [0.25, 0.3) is 5.69 Å². The summed E-state index contributed by atoms with van der Waals surface area (Å²) in [6.07, 6.45) is 0.834. The Morgan fingerprint density at radius 1 is 1.65 bits per heavy atom. The van der Waals surface area contributed by atoms with E-state index < -0.39 is 28.2 Å². The summed E-state index contributed by atoms with van der Waals surface area (Å²) in [5.41, 5.74) is -1.58. The summed E-state index contributed by atoms with van der Waals surface area (Å²) in [4.78, 5) is 23.7. The number of pyridine rings is 1. The van der Waals surface area contributed by atoms with Crippen molar-refractivity contribution in [2.45, 2.75) is 12.8 Å². The van der Waals surface area contributed by atoms with Crippen LogP contribution in [0.15, 0.2) is 18.3 Å². The van der Waals surface area contributed by atoms with Gasteiger partial charge in [0.2, 0.25) is 0 Å². The highest BCUT2D eigenvalue weighted by Crippen LogP contribution is 2.29. The summed E-state index contributed by atoms with van der Waals surface area (Å²) in [6.45, 7) is 1.15. The third-order valence-corrected chi connectivity index (χ3v) is 1.81. The fraction of sp³-hybridized carbons (Fsp3) is 0.333. The number of esters is 1. The van der Waals surface area contributed by atoms with Crippen LogP contribution in [0.3, 0.4) is 0 Å². The lowest BCUT2D eigenvalue weighted by molar-refractivity contribution is -0.385. The quantitative estimate of drug-likeness (QED) is 0.458. The van der Waals surface area contributed by atoms with Crippen molar-refractivity contribution in [3.05, 3.63) is 34.1 Å². The molecule has 0 radical (unpaired) electrons. The van der Waals surface area contributed by atoms with Gasteiger partial charge in [-0.05, 0) is 6.92 Å². The van der Waals surface area contributed by atoms with E-state index in [0.29, 0.717) is 6.07 Å². The molecule has 6 nitrogen and oxygen atoms in total. The monoisotopic (exact) mass is 246 g/mol. The summed E-state index contributed by atoms with van der Waals surface area (Å²) in [6, 6.07) is 1.49. The highest BCUT2D eigenvalue weighted by molar-refractivity contribution is 5.78. The van der Waals surface area contributed by atoms with Gasteiger partial charge in [-0.25, -0.2) is 4.79 Å². The van der Waals surface area contributed by atoms with Crippen molar-refractivity contribution in [2.24, 2.45) is 0 Å². The van der Waals surface area contributed by atoms with Crippen molar-refractivity contribution in [2.75, 3.05) is 6.61 Å². The van der Waals surface area contributed by atoms with Gasteiger partial charge in [0.05, 0.1) is 11.5 Å². The van der Waals surface area contributed by atoms with Crippen molar-refractivity contribution in [1.29, 1.82) is 0 Å². The molecule has 1 rings (SSSR count). The van der Waals surface area contributed by atoms with Crippen LogP contribution in [0.5, 0.6) is 0 Å². The maximum Gasteiger partial charge on any atom is 0.384 e. The number of alkyl halides is 2. The molecule has 0 fully saturated rings. The minimum Gasteiger partial charge on any atom is -0.461 e. The molecule has 0 N–H and O–H groups in total. The van der Waals surface area contributed by atoms with Gasteiger partial charge < -0.3 is 4.74 Å². The first-order valence-electron chi connectivity index (χ1n) is 4.55. The van der Waals surface area contributed by atoms with E-state index in [-0.39, 0.29) is 6.61 Å². The molecule has 0 bridgehead atoms. The molecule has 0 amide bonds. The van der Waals surface area contributed by atoms with Crippen molar-refractivity contribution in [3.8, 4) is 0 Å². The Morgan fingerprint density at radius 3 is 2.82 bits per heavy atom. The van der Waals surface area contributed by atoms with Gasteiger partial charge in [-0.1, -0.05) is 0 Å². The van der Waals surface area contributed by atoms with Crippen LogP contribution in [-0.4, -0.2) is 22.5 Å². The number of carbonyl (C=O) groups excluding carboxylic acids is 1. The normalized spacial score (nSPS) is 11.0. The third-order valence-electron chi connectivity index (χ3n) is 1.81. The summed E-state index contributed by atoms with van der Waals surface area (Å²) >= 11 is 0. The molecule has 0 aliphatic rings. The number of nitro groups is 1. The van der Waals surface area contributed by atoms with Gasteiger partial charge in [-0.2, -0.15) is 8.78 Å². The van der Waals surface area contributed by atoms with Crippen LogP contribution in [0.25, 0.3) is 0 Å². The Kier molecular flexibility index (Phi) is 3.66. The lowest BCUT2D eigenvalue weighted by Gasteiger charge is -2.13. The summed E-state index contributed by atoms with van der Waals surface area (Å²) in [5.74, 6) is -5.78. The highest BCUT2D eigenvalue weighted by atomic mass is 19.3. The molecule has 1 aromatic rings. The van der Waals surface area contributed by atoms with Crippen molar-refractivity contribution >= 4 is 11.7 Å². The van der Waals surface area contributed by atoms with E-state index in [1.165, 1.54) is 6.92 Å². The van der Waals surface area contributed by atoms with Crippen molar-refractivity contribution < 1.29 is 23.2 Å². The maximum atomic E-state index is 13.4. The second kappa shape index (κ2) is 4.81. The van der Waals surface area contributed by atoms with Crippen LogP contribution in [0.1, 0.15) is 12.6 Å². The SMILES string of the molecule is CCOC(=O)C(F)(F)c1cc([N+](=O)[O-])ccn1. The molecule has 0 spiro atoms. The molecule has 1 heterocycles. The first-order chi connectivity index (χ1) is 7.89. The summed E-state index contributed by atoms with van der Waals surface area (Å²) in [7, 11) is 0. The van der Waals surface area contributed by atoms with Gasteiger partial charge >= 0.3 is 11.9 Å².